The Hall–Kier alpha value is -2.70. The third kappa shape index (κ3) is 3.55. The first-order chi connectivity index (χ1) is 12.0. The highest BCUT2D eigenvalue weighted by Gasteiger charge is 2.27. The monoisotopic (exact) mass is 345 g/mol. The molecule has 0 unspecified atom stereocenters. The summed E-state index contributed by atoms with van der Waals surface area (Å²) in [6.45, 7) is 3.43. The summed E-state index contributed by atoms with van der Waals surface area (Å²) in [6, 6.07) is 4.49. The Labute approximate surface area is 144 Å². The maximum Gasteiger partial charge on any atom is 0.253 e. The lowest BCUT2D eigenvalue weighted by Gasteiger charge is -2.22. The van der Waals surface area contributed by atoms with Crippen molar-refractivity contribution in [2.75, 3.05) is 35.2 Å². The van der Waals surface area contributed by atoms with E-state index < -0.39 is 10.9 Å². The van der Waals surface area contributed by atoms with E-state index in [1.165, 1.54) is 6.07 Å². The molecule has 1 heterocycles. The SMILES string of the molecule is Cc1ccc(NC(=O)CCNc2c(N3CCCC3)c(=O)c2=O)cc1F. The Morgan fingerprint density at radius 1 is 1.20 bits per heavy atom. The van der Waals surface area contributed by atoms with Crippen molar-refractivity contribution in [3.05, 3.63) is 50.0 Å². The van der Waals surface area contributed by atoms with Crippen molar-refractivity contribution in [1.82, 2.24) is 0 Å². The van der Waals surface area contributed by atoms with Crippen molar-refractivity contribution in [2.45, 2.75) is 26.2 Å². The van der Waals surface area contributed by atoms with E-state index in [2.05, 4.69) is 10.6 Å². The highest BCUT2D eigenvalue weighted by atomic mass is 19.1. The Balaban J connectivity index is 1.54. The van der Waals surface area contributed by atoms with Crippen LogP contribution in [0.1, 0.15) is 24.8 Å². The minimum atomic E-state index is -0.525. The minimum Gasteiger partial charge on any atom is -0.379 e. The van der Waals surface area contributed by atoms with E-state index in [1.54, 1.807) is 19.1 Å². The molecule has 1 saturated heterocycles. The Morgan fingerprint density at radius 2 is 1.92 bits per heavy atom. The maximum absolute atomic E-state index is 13.5. The van der Waals surface area contributed by atoms with E-state index in [4.69, 9.17) is 0 Å². The molecule has 0 radical (unpaired) electrons. The van der Waals surface area contributed by atoms with Crippen LogP contribution in [0.4, 0.5) is 21.5 Å². The average molecular weight is 345 g/mol. The molecule has 1 aliphatic rings. The number of hydrogen-bond acceptors (Lipinski definition) is 5. The van der Waals surface area contributed by atoms with Gasteiger partial charge in [0.25, 0.3) is 10.9 Å². The highest BCUT2D eigenvalue weighted by molar-refractivity contribution is 5.91. The molecule has 2 aromatic carbocycles. The fourth-order valence-corrected chi connectivity index (χ4v) is 2.98. The molecule has 1 amide bonds. The van der Waals surface area contributed by atoms with Gasteiger partial charge in [-0.1, -0.05) is 6.07 Å². The number of carbonyl (C=O) groups is 1. The molecule has 1 aliphatic heterocycles. The number of anilines is 3. The lowest BCUT2D eigenvalue weighted by atomic mass is 10.1. The van der Waals surface area contributed by atoms with Gasteiger partial charge in [0.15, 0.2) is 0 Å². The first-order valence-electron chi connectivity index (χ1n) is 8.35. The molecule has 0 aromatic heterocycles. The zero-order valence-electron chi connectivity index (χ0n) is 14.0. The second-order valence-electron chi connectivity index (χ2n) is 6.26. The summed E-state index contributed by atoms with van der Waals surface area (Å²) >= 11 is 0. The van der Waals surface area contributed by atoms with E-state index >= 15 is 0 Å². The Morgan fingerprint density at radius 3 is 2.60 bits per heavy atom. The predicted molar refractivity (Wildman–Crippen MR) is 95.7 cm³/mol. The zero-order valence-corrected chi connectivity index (χ0v) is 14.0. The molecule has 2 aromatic rings. The van der Waals surface area contributed by atoms with Crippen molar-refractivity contribution in [1.29, 1.82) is 0 Å². The minimum absolute atomic E-state index is 0.105. The van der Waals surface area contributed by atoms with E-state index in [9.17, 15) is 18.8 Å². The van der Waals surface area contributed by atoms with Gasteiger partial charge in [0, 0.05) is 31.7 Å². The number of benzene rings is 1. The van der Waals surface area contributed by atoms with Gasteiger partial charge in [-0.15, -0.1) is 0 Å². The van der Waals surface area contributed by atoms with Crippen molar-refractivity contribution in [3.8, 4) is 0 Å². The Kier molecular flexibility index (Phi) is 4.83. The predicted octanol–water partition coefficient (Wildman–Crippen LogP) is 1.77. The largest absolute Gasteiger partial charge is 0.379 e. The number of nitrogens with one attached hydrogen (secondary N) is 2. The number of carbonyl (C=O) groups excluding carboxylic acids is 1. The van der Waals surface area contributed by atoms with Gasteiger partial charge >= 0.3 is 0 Å². The third-order valence-electron chi connectivity index (χ3n) is 4.42. The lowest BCUT2D eigenvalue weighted by molar-refractivity contribution is -0.115. The zero-order chi connectivity index (χ0) is 18.0. The molecule has 2 N–H and O–H groups in total. The van der Waals surface area contributed by atoms with Gasteiger partial charge in [0.2, 0.25) is 5.91 Å². The fourth-order valence-electron chi connectivity index (χ4n) is 2.98. The summed E-state index contributed by atoms with van der Waals surface area (Å²) in [6.07, 6.45) is 2.12. The average Bonchev–Trinajstić information content (AvgIpc) is 3.10. The van der Waals surface area contributed by atoms with Crippen LogP contribution in [0.15, 0.2) is 27.8 Å². The molecule has 0 spiro atoms. The second-order valence-corrected chi connectivity index (χ2v) is 6.26. The first kappa shape index (κ1) is 17.1. The summed E-state index contributed by atoms with van der Waals surface area (Å²) < 4.78 is 13.5. The van der Waals surface area contributed by atoms with Crippen molar-refractivity contribution < 1.29 is 9.18 Å². The van der Waals surface area contributed by atoms with E-state index in [0.717, 1.165) is 25.9 Å². The van der Waals surface area contributed by atoms with Crippen LogP contribution in [0.2, 0.25) is 0 Å². The standard InChI is InChI=1S/C18H20FN3O3/c1-11-4-5-12(10-13(11)19)21-14(23)6-7-20-15-16(18(25)17(15)24)22-8-2-3-9-22/h4-5,10,20H,2-3,6-9H2,1H3,(H,21,23). The van der Waals surface area contributed by atoms with E-state index in [0.29, 0.717) is 22.6 Å². The van der Waals surface area contributed by atoms with Gasteiger partial charge in [0.1, 0.15) is 17.2 Å². The first-order valence-corrected chi connectivity index (χ1v) is 8.35. The van der Waals surface area contributed by atoms with Gasteiger partial charge in [-0.05, 0) is 37.5 Å². The lowest BCUT2D eigenvalue weighted by Crippen LogP contribution is -2.42. The van der Waals surface area contributed by atoms with Crippen LogP contribution in [-0.2, 0) is 4.79 Å². The van der Waals surface area contributed by atoms with Crippen molar-refractivity contribution in [2.24, 2.45) is 0 Å². The smallest absolute Gasteiger partial charge is 0.253 e. The van der Waals surface area contributed by atoms with Crippen LogP contribution in [0.25, 0.3) is 0 Å². The van der Waals surface area contributed by atoms with Gasteiger partial charge in [-0.2, -0.15) is 0 Å². The molecular formula is C18H20FN3O3. The summed E-state index contributed by atoms with van der Waals surface area (Å²) in [5.74, 6) is -0.674. The third-order valence-corrected chi connectivity index (χ3v) is 4.42. The molecule has 132 valence electrons. The van der Waals surface area contributed by atoms with Gasteiger partial charge in [-0.3, -0.25) is 14.4 Å². The molecule has 0 saturated carbocycles. The summed E-state index contributed by atoms with van der Waals surface area (Å²) in [5, 5.41) is 5.50. The van der Waals surface area contributed by atoms with Crippen molar-refractivity contribution in [3.63, 3.8) is 0 Å². The van der Waals surface area contributed by atoms with Crippen LogP contribution in [-0.4, -0.2) is 25.5 Å². The van der Waals surface area contributed by atoms with Crippen LogP contribution in [0, 0.1) is 12.7 Å². The molecular weight excluding hydrogens is 325 g/mol. The number of nitrogens with zero attached hydrogens (tertiary/aromatic N) is 1. The normalized spacial score (nSPS) is 14.1. The quantitative estimate of drug-likeness (QED) is 0.780. The van der Waals surface area contributed by atoms with Crippen molar-refractivity contribution >= 4 is 23.0 Å². The second kappa shape index (κ2) is 7.04. The summed E-state index contributed by atoms with van der Waals surface area (Å²) in [4.78, 5) is 37.3. The van der Waals surface area contributed by atoms with Gasteiger partial charge in [-0.25, -0.2) is 4.39 Å². The van der Waals surface area contributed by atoms with E-state index in [-0.39, 0.29) is 24.7 Å². The van der Waals surface area contributed by atoms with Crippen LogP contribution >= 0.6 is 0 Å². The number of rotatable bonds is 6. The van der Waals surface area contributed by atoms with E-state index in [1.807, 2.05) is 4.90 Å². The molecule has 25 heavy (non-hydrogen) atoms. The fraction of sp³-hybridized carbons (Fsp3) is 0.389. The molecule has 1 fully saturated rings. The topological polar surface area (TPSA) is 78.5 Å². The molecule has 0 bridgehead atoms. The molecule has 7 heteroatoms. The van der Waals surface area contributed by atoms with Crippen LogP contribution < -0.4 is 26.4 Å². The summed E-state index contributed by atoms with van der Waals surface area (Å²) in [5.41, 5.74) is 0.672. The molecule has 3 rings (SSSR count). The molecule has 0 atom stereocenters. The highest BCUT2D eigenvalue weighted by Crippen LogP contribution is 2.24. The van der Waals surface area contributed by atoms with Crippen LogP contribution in [0.5, 0.6) is 0 Å². The van der Waals surface area contributed by atoms with Gasteiger partial charge in [0.05, 0.1) is 0 Å². The number of aryl methyl sites for hydroxylation is 1. The molecule has 0 aliphatic carbocycles. The Bertz CT molecular complexity index is 865. The summed E-state index contributed by atoms with van der Waals surface area (Å²) in [7, 11) is 0. The number of halogens is 1. The number of hydrogen-bond donors (Lipinski definition) is 2. The van der Waals surface area contributed by atoms with Crippen LogP contribution in [0.3, 0.4) is 0 Å². The molecule has 6 nitrogen and oxygen atoms in total. The maximum atomic E-state index is 13.5. The number of amides is 1. The van der Waals surface area contributed by atoms with Gasteiger partial charge < -0.3 is 15.5 Å².